The van der Waals surface area contributed by atoms with Crippen molar-refractivity contribution in [3.8, 4) is 0 Å². The van der Waals surface area contributed by atoms with Crippen LogP contribution in [-0.2, 0) is 38.2 Å². The Labute approximate surface area is 385 Å². The molecule has 0 heterocycles. The normalized spacial score (nSPS) is 11.7. The quantitative estimate of drug-likeness (QED) is 0.0440. The molecular formula is C39H77Br2ClN8O11. The van der Waals surface area contributed by atoms with Crippen LogP contribution in [0, 0.1) is 0 Å². The number of hydrogen-bond donors (Lipinski definition) is 9. The first-order valence-corrected chi connectivity index (χ1v) is 22.9. The molecular weight excluding hydrogens is 952 g/mol. The molecule has 0 spiro atoms. The summed E-state index contributed by atoms with van der Waals surface area (Å²) in [6.45, 7) is 22.5. The number of carboxylic acids is 1. The summed E-state index contributed by atoms with van der Waals surface area (Å²) < 4.78 is 10.1. The van der Waals surface area contributed by atoms with E-state index in [1.165, 1.54) is 6.42 Å². The predicted molar refractivity (Wildman–Crippen MR) is 247 cm³/mol. The Bertz CT molecular complexity index is 1240. The number of likely N-dealkylation sites (N-methyl/N-ethyl adjacent to an activating group) is 2. The zero-order chi connectivity index (χ0) is 48.6. The van der Waals surface area contributed by atoms with Gasteiger partial charge in [-0.2, -0.15) is 0 Å². The third-order valence-corrected chi connectivity index (χ3v) is 7.54. The summed E-state index contributed by atoms with van der Waals surface area (Å²) in [5.74, 6) is -1.65. The number of ether oxygens (including phenoxy) is 2. The van der Waals surface area contributed by atoms with E-state index in [0.29, 0.717) is 83.0 Å². The fourth-order valence-corrected chi connectivity index (χ4v) is 4.06. The molecule has 0 bridgehead atoms. The fourth-order valence-electron chi connectivity index (χ4n) is 3.66. The molecule has 6 amide bonds. The summed E-state index contributed by atoms with van der Waals surface area (Å²) in [6, 6.07) is -2.11. The van der Waals surface area contributed by atoms with E-state index < -0.39 is 47.5 Å². The number of nitrogens with one attached hydrogen (secondary N) is 6. The van der Waals surface area contributed by atoms with Crippen LogP contribution in [0.5, 0.6) is 0 Å². The van der Waals surface area contributed by atoms with Crippen LogP contribution in [0.4, 0.5) is 9.59 Å². The molecule has 0 saturated carbocycles. The highest BCUT2D eigenvalue weighted by Gasteiger charge is 2.25. The van der Waals surface area contributed by atoms with Crippen LogP contribution in [0.1, 0.15) is 128 Å². The first kappa shape index (κ1) is 66.8. The third kappa shape index (κ3) is 52.8. The highest BCUT2D eigenvalue weighted by atomic mass is 79.9. The molecule has 61 heavy (non-hydrogen) atoms. The van der Waals surface area contributed by atoms with Gasteiger partial charge in [-0.25, -0.2) is 14.4 Å². The third-order valence-electron chi connectivity index (χ3n) is 6.26. The number of aliphatic carboxylic acids is 1. The summed E-state index contributed by atoms with van der Waals surface area (Å²) in [4.78, 5) is 88.5. The lowest BCUT2D eigenvalue weighted by Crippen LogP contribution is -2.48. The monoisotopic (exact) mass is 1030 g/mol. The minimum Gasteiger partial charge on any atom is -0.480 e. The van der Waals surface area contributed by atoms with E-state index in [4.69, 9.17) is 37.6 Å². The Kier molecular flexibility index (Phi) is 46.1. The van der Waals surface area contributed by atoms with Gasteiger partial charge in [0.2, 0.25) is 28.9 Å². The number of hydrogen-bond acceptors (Lipinski definition) is 12. The number of rotatable bonds is 21. The average Bonchev–Trinajstić information content (AvgIpc) is 3.15. The molecule has 0 rings (SSSR count). The topological polar surface area (TPSA) is 299 Å². The Balaban J connectivity index is -0.000000239. The lowest BCUT2D eigenvalue weighted by Gasteiger charge is -2.23. The maximum atomic E-state index is 12.0. The van der Waals surface area contributed by atoms with Crippen LogP contribution in [0.15, 0.2) is 0 Å². The van der Waals surface area contributed by atoms with Crippen LogP contribution in [-0.4, -0.2) is 125 Å². The highest BCUT2D eigenvalue weighted by Crippen LogP contribution is 2.09. The van der Waals surface area contributed by atoms with Crippen molar-refractivity contribution in [3.05, 3.63) is 0 Å². The van der Waals surface area contributed by atoms with Gasteiger partial charge in [0, 0.05) is 32.6 Å². The molecule has 22 heteroatoms. The maximum Gasteiger partial charge on any atom is 0.408 e. The predicted octanol–water partition coefficient (Wildman–Crippen LogP) is 4.33. The SMILES string of the molecule is CC(C)(C)OC(=O)N[C@@H](CCCN)C(=O)O.CCC.CCC(=O)Cl.CCNC(=O)[C@@H](N)CCCNC(=O)CBr.CCNC(=O)[C@H](CCCNC(=O)CBr)NC(=O)OC(C)(C)C. The fraction of sp³-hybridized carbons (Fsp3) is 0.795. The van der Waals surface area contributed by atoms with Gasteiger partial charge in [-0.15, -0.1) is 0 Å². The van der Waals surface area contributed by atoms with E-state index in [2.05, 4.69) is 77.6 Å². The summed E-state index contributed by atoms with van der Waals surface area (Å²) in [5.41, 5.74) is 9.63. The van der Waals surface area contributed by atoms with Crippen LogP contribution < -0.4 is 43.4 Å². The second-order valence-corrected chi connectivity index (χ2v) is 16.3. The standard InChI is InChI=1S/C14H26BrN3O4.C10H20N2O4.C9H18BrN3O2.C3H5ClO.C3H8/c1-5-16-12(20)10(7-6-8-17-11(19)9-15)18-13(21)22-14(2,3)4;1-10(2,3)16-9(15)12-7(8(13)14)5-4-6-11;1-2-12-9(15)7(11)4-3-5-13-8(14)6-10;1-2-3(4)5;1-3-2/h10H,5-9H2,1-4H3,(H,16,20)(H,17,19)(H,18,21);7H,4-6,11H2,1-3H3,(H,12,15)(H,13,14);7H,2-6,11H2,1H3,(H,12,15)(H,13,14);2H2,1H3;3H2,1-2H3/t10-;2*7-;;/m000../s1. The van der Waals surface area contributed by atoms with Gasteiger partial charge in [0.1, 0.15) is 23.3 Å². The van der Waals surface area contributed by atoms with Crippen molar-refractivity contribution in [2.24, 2.45) is 11.5 Å². The smallest absolute Gasteiger partial charge is 0.408 e. The maximum absolute atomic E-state index is 12.0. The van der Waals surface area contributed by atoms with E-state index in [-0.39, 0.29) is 34.2 Å². The van der Waals surface area contributed by atoms with Gasteiger partial charge in [0.05, 0.1) is 16.7 Å². The lowest BCUT2D eigenvalue weighted by molar-refractivity contribution is -0.139. The molecule has 0 aliphatic rings. The molecule has 0 aliphatic carbocycles. The summed E-state index contributed by atoms with van der Waals surface area (Å²) in [7, 11) is 0. The zero-order valence-electron chi connectivity index (χ0n) is 38.2. The number of alkyl carbamates (subject to hydrolysis) is 2. The molecule has 0 aliphatic heterocycles. The number of carbonyl (C=O) groups is 8. The second kappa shape index (κ2) is 42.1. The number of amides is 6. The van der Waals surface area contributed by atoms with E-state index in [9.17, 15) is 38.4 Å². The number of nitrogens with two attached hydrogens (primary N) is 2. The minimum absolute atomic E-state index is 0.0541. The molecule has 0 aromatic carbocycles. The molecule has 0 aromatic heterocycles. The largest absolute Gasteiger partial charge is 0.480 e. The minimum atomic E-state index is -1.08. The lowest BCUT2D eigenvalue weighted by atomic mass is 10.1. The van der Waals surface area contributed by atoms with E-state index in [1.54, 1.807) is 55.4 Å². The number of carboxylic acid groups (broad SMARTS) is 1. The van der Waals surface area contributed by atoms with Crippen LogP contribution in [0.25, 0.3) is 0 Å². The average molecular weight is 1030 g/mol. The summed E-state index contributed by atoms with van der Waals surface area (Å²) in [5, 5.41) is 24.7. The van der Waals surface area contributed by atoms with Gasteiger partial charge >= 0.3 is 18.2 Å². The Hall–Kier alpha value is -3.27. The molecule has 0 unspecified atom stereocenters. The number of carbonyl (C=O) groups excluding carboxylic acids is 7. The second-order valence-electron chi connectivity index (χ2n) is 14.7. The first-order valence-electron chi connectivity index (χ1n) is 20.3. The molecule has 0 radical (unpaired) electrons. The van der Waals surface area contributed by atoms with Gasteiger partial charge in [-0.3, -0.25) is 24.0 Å². The first-order chi connectivity index (χ1) is 28.2. The van der Waals surface area contributed by atoms with Gasteiger partial charge < -0.3 is 57.9 Å². The molecule has 0 aromatic rings. The summed E-state index contributed by atoms with van der Waals surface area (Å²) >= 11 is 10.9. The van der Waals surface area contributed by atoms with Crippen LogP contribution >= 0.6 is 43.5 Å². The van der Waals surface area contributed by atoms with Crippen molar-refractivity contribution < 1.29 is 52.9 Å². The Morgan fingerprint density at radius 3 is 1.33 bits per heavy atom. The molecule has 0 fully saturated rings. The van der Waals surface area contributed by atoms with Crippen molar-refractivity contribution in [1.82, 2.24) is 31.9 Å². The van der Waals surface area contributed by atoms with Crippen molar-refractivity contribution in [3.63, 3.8) is 0 Å². The van der Waals surface area contributed by atoms with Crippen molar-refractivity contribution >= 4 is 90.5 Å². The Morgan fingerprint density at radius 1 is 0.639 bits per heavy atom. The van der Waals surface area contributed by atoms with Gasteiger partial charge in [0.25, 0.3) is 0 Å². The van der Waals surface area contributed by atoms with E-state index >= 15 is 0 Å². The Morgan fingerprint density at radius 2 is 1.00 bits per heavy atom. The molecule has 0 saturated heterocycles. The highest BCUT2D eigenvalue weighted by molar-refractivity contribution is 9.09. The van der Waals surface area contributed by atoms with Crippen LogP contribution in [0.2, 0.25) is 0 Å². The van der Waals surface area contributed by atoms with Crippen molar-refractivity contribution in [2.45, 2.75) is 157 Å². The van der Waals surface area contributed by atoms with Gasteiger partial charge in [0.15, 0.2) is 0 Å². The molecule has 19 nitrogen and oxygen atoms in total. The number of alkyl halides is 2. The number of halogens is 3. The van der Waals surface area contributed by atoms with E-state index in [0.717, 1.165) is 0 Å². The molecule has 360 valence electrons. The van der Waals surface area contributed by atoms with Crippen LogP contribution in [0.3, 0.4) is 0 Å². The molecule has 11 N–H and O–H groups in total. The zero-order valence-corrected chi connectivity index (χ0v) is 42.1. The molecule has 3 atom stereocenters. The van der Waals surface area contributed by atoms with Crippen molar-refractivity contribution in [1.29, 1.82) is 0 Å². The van der Waals surface area contributed by atoms with Gasteiger partial charge in [-0.1, -0.05) is 59.1 Å². The van der Waals surface area contributed by atoms with E-state index in [1.807, 2.05) is 6.92 Å². The summed E-state index contributed by atoms with van der Waals surface area (Å²) in [6.07, 6.45) is 3.42. The van der Waals surface area contributed by atoms with Gasteiger partial charge in [-0.05, 0) is 112 Å². The van der Waals surface area contributed by atoms with Crippen molar-refractivity contribution in [2.75, 3.05) is 43.4 Å².